The van der Waals surface area contributed by atoms with Crippen molar-refractivity contribution in [1.29, 1.82) is 0 Å². The molecule has 0 aliphatic rings. The average Bonchev–Trinajstić information content (AvgIpc) is 2.66. The molecule has 0 spiro atoms. The van der Waals surface area contributed by atoms with E-state index in [1.807, 2.05) is 17.7 Å². The van der Waals surface area contributed by atoms with Crippen LogP contribution in [0.25, 0.3) is 0 Å². The Balaban J connectivity index is 2.68. The van der Waals surface area contributed by atoms with E-state index >= 15 is 0 Å². The van der Waals surface area contributed by atoms with Gasteiger partial charge in [0.05, 0.1) is 13.5 Å². The van der Waals surface area contributed by atoms with E-state index in [0.29, 0.717) is 6.42 Å². The molecule has 1 aromatic rings. The molecule has 0 saturated heterocycles. The van der Waals surface area contributed by atoms with Gasteiger partial charge in [-0.05, 0) is 13.3 Å². The number of carbonyl (C=O) groups excluding carboxylic acids is 1. The zero-order chi connectivity index (χ0) is 11.3. The highest BCUT2D eigenvalue weighted by molar-refractivity contribution is 5.69. The lowest BCUT2D eigenvalue weighted by Gasteiger charge is -2.14. The Morgan fingerprint density at radius 2 is 2.40 bits per heavy atom. The quantitative estimate of drug-likeness (QED) is 0.698. The fraction of sp³-hybridized carbons (Fsp3) is 0.636. The molecule has 1 heterocycles. The summed E-state index contributed by atoms with van der Waals surface area (Å²) in [5.41, 5.74) is 0. The number of nitrogens with zero attached hydrogens (tertiary/aromatic N) is 2. The third-order valence-electron chi connectivity index (χ3n) is 2.39. The summed E-state index contributed by atoms with van der Waals surface area (Å²) in [6.07, 6.45) is 6.08. The van der Waals surface area contributed by atoms with Gasteiger partial charge in [0.25, 0.3) is 0 Å². The Morgan fingerprint density at radius 1 is 1.67 bits per heavy atom. The van der Waals surface area contributed by atoms with Gasteiger partial charge in [-0.1, -0.05) is 6.92 Å². The molecule has 4 nitrogen and oxygen atoms in total. The molecule has 15 heavy (non-hydrogen) atoms. The van der Waals surface area contributed by atoms with E-state index in [1.165, 1.54) is 7.11 Å². The second-order valence-electron chi connectivity index (χ2n) is 3.63. The van der Waals surface area contributed by atoms with Gasteiger partial charge in [0, 0.05) is 24.9 Å². The Labute approximate surface area is 90.3 Å². The van der Waals surface area contributed by atoms with E-state index in [2.05, 4.69) is 16.6 Å². The van der Waals surface area contributed by atoms with Crippen molar-refractivity contribution in [2.24, 2.45) is 0 Å². The van der Waals surface area contributed by atoms with Crippen molar-refractivity contribution in [2.75, 3.05) is 7.11 Å². The van der Waals surface area contributed by atoms with Crippen LogP contribution in [-0.2, 0) is 16.0 Å². The average molecular weight is 210 g/mol. The Bertz CT molecular complexity index is 320. The molecule has 1 unspecified atom stereocenters. The lowest BCUT2D eigenvalue weighted by Crippen LogP contribution is -2.14. The van der Waals surface area contributed by atoms with Crippen LogP contribution in [0.4, 0.5) is 0 Å². The fourth-order valence-corrected chi connectivity index (χ4v) is 1.59. The monoisotopic (exact) mass is 210 g/mol. The minimum absolute atomic E-state index is 0.112. The molecule has 0 fully saturated rings. The van der Waals surface area contributed by atoms with E-state index in [4.69, 9.17) is 0 Å². The van der Waals surface area contributed by atoms with Crippen LogP contribution in [0.3, 0.4) is 0 Å². The first-order valence-corrected chi connectivity index (χ1v) is 5.27. The number of esters is 1. The highest BCUT2D eigenvalue weighted by Crippen LogP contribution is 2.14. The summed E-state index contributed by atoms with van der Waals surface area (Å²) in [5.74, 6) is 0.854. The molecule has 0 amide bonds. The maximum Gasteiger partial charge on any atom is 0.307 e. The van der Waals surface area contributed by atoms with Crippen molar-refractivity contribution in [3.05, 3.63) is 18.2 Å². The lowest BCUT2D eigenvalue weighted by atomic mass is 10.2. The van der Waals surface area contributed by atoms with Crippen molar-refractivity contribution in [2.45, 2.75) is 39.2 Å². The van der Waals surface area contributed by atoms with E-state index in [1.54, 1.807) is 6.20 Å². The van der Waals surface area contributed by atoms with Crippen LogP contribution in [-0.4, -0.2) is 22.6 Å². The van der Waals surface area contributed by atoms with Crippen LogP contribution >= 0.6 is 0 Å². The third-order valence-corrected chi connectivity index (χ3v) is 2.39. The fourth-order valence-electron chi connectivity index (χ4n) is 1.59. The second kappa shape index (κ2) is 5.53. The molecule has 0 bridgehead atoms. The van der Waals surface area contributed by atoms with Crippen LogP contribution in [0.2, 0.25) is 0 Å². The van der Waals surface area contributed by atoms with E-state index < -0.39 is 0 Å². The van der Waals surface area contributed by atoms with Gasteiger partial charge < -0.3 is 9.30 Å². The number of aryl methyl sites for hydroxylation is 1. The molecular formula is C11H18N2O2. The van der Waals surface area contributed by atoms with Gasteiger partial charge in [-0.15, -0.1) is 0 Å². The molecule has 4 heteroatoms. The molecule has 1 atom stereocenters. The molecule has 0 aromatic carbocycles. The van der Waals surface area contributed by atoms with Gasteiger partial charge in [-0.25, -0.2) is 4.98 Å². The van der Waals surface area contributed by atoms with Gasteiger partial charge in [-0.3, -0.25) is 4.79 Å². The van der Waals surface area contributed by atoms with Gasteiger partial charge in [-0.2, -0.15) is 0 Å². The SMILES string of the molecule is CCCc1nccn1C(C)CC(=O)OC. The maximum atomic E-state index is 11.1. The normalized spacial score (nSPS) is 12.5. The zero-order valence-electron chi connectivity index (χ0n) is 9.56. The molecule has 1 aromatic heterocycles. The topological polar surface area (TPSA) is 44.1 Å². The van der Waals surface area contributed by atoms with Crippen LogP contribution in [0.5, 0.6) is 0 Å². The smallest absolute Gasteiger partial charge is 0.307 e. The second-order valence-corrected chi connectivity index (χ2v) is 3.63. The van der Waals surface area contributed by atoms with Gasteiger partial charge >= 0.3 is 5.97 Å². The summed E-state index contributed by atoms with van der Waals surface area (Å²) in [5, 5.41) is 0. The Morgan fingerprint density at radius 3 is 3.00 bits per heavy atom. The lowest BCUT2D eigenvalue weighted by molar-refractivity contribution is -0.141. The van der Waals surface area contributed by atoms with E-state index in [0.717, 1.165) is 18.7 Å². The summed E-state index contributed by atoms with van der Waals surface area (Å²) < 4.78 is 6.69. The first-order valence-electron chi connectivity index (χ1n) is 5.27. The van der Waals surface area contributed by atoms with Crippen LogP contribution in [0, 0.1) is 0 Å². The maximum absolute atomic E-state index is 11.1. The largest absolute Gasteiger partial charge is 0.469 e. The van der Waals surface area contributed by atoms with Crippen molar-refractivity contribution in [3.63, 3.8) is 0 Å². The van der Waals surface area contributed by atoms with Gasteiger partial charge in [0.15, 0.2) is 0 Å². The summed E-state index contributed by atoms with van der Waals surface area (Å²) in [4.78, 5) is 15.4. The number of rotatable bonds is 5. The first kappa shape index (κ1) is 11.8. The van der Waals surface area contributed by atoms with Crippen molar-refractivity contribution in [3.8, 4) is 0 Å². The van der Waals surface area contributed by atoms with Gasteiger partial charge in [0.1, 0.15) is 5.82 Å². The third kappa shape index (κ3) is 3.08. The van der Waals surface area contributed by atoms with Crippen LogP contribution in [0.15, 0.2) is 12.4 Å². The molecule has 0 N–H and O–H groups in total. The number of aromatic nitrogens is 2. The van der Waals surface area contributed by atoms with Crippen molar-refractivity contribution < 1.29 is 9.53 Å². The highest BCUT2D eigenvalue weighted by Gasteiger charge is 2.13. The van der Waals surface area contributed by atoms with E-state index in [-0.39, 0.29) is 12.0 Å². The number of methoxy groups -OCH3 is 1. The molecule has 84 valence electrons. The molecule has 1 rings (SSSR count). The van der Waals surface area contributed by atoms with Gasteiger partial charge in [0.2, 0.25) is 0 Å². The molecule has 0 radical (unpaired) electrons. The number of imidazole rings is 1. The summed E-state index contributed by atoms with van der Waals surface area (Å²) in [6.45, 7) is 4.11. The number of ether oxygens (including phenoxy) is 1. The minimum Gasteiger partial charge on any atom is -0.469 e. The zero-order valence-corrected chi connectivity index (χ0v) is 9.56. The number of hydrogen-bond acceptors (Lipinski definition) is 3. The molecule has 0 saturated carbocycles. The molecular weight excluding hydrogens is 192 g/mol. The minimum atomic E-state index is -0.182. The Kier molecular flexibility index (Phi) is 4.34. The Hall–Kier alpha value is -1.32. The summed E-state index contributed by atoms with van der Waals surface area (Å²) in [6, 6.07) is 0.112. The number of carbonyl (C=O) groups is 1. The van der Waals surface area contributed by atoms with Crippen LogP contribution in [0.1, 0.15) is 38.6 Å². The molecule has 0 aliphatic carbocycles. The standard InChI is InChI=1S/C11H18N2O2/c1-4-5-10-12-6-7-13(10)9(2)8-11(14)15-3/h6-7,9H,4-5,8H2,1-3H3. The van der Waals surface area contributed by atoms with Crippen LogP contribution < -0.4 is 0 Å². The predicted octanol–water partition coefficient (Wildman–Crippen LogP) is 1.96. The molecule has 0 aliphatic heterocycles. The summed E-state index contributed by atoms with van der Waals surface area (Å²) in [7, 11) is 1.41. The van der Waals surface area contributed by atoms with Crippen molar-refractivity contribution >= 4 is 5.97 Å². The predicted molar refractivity (Wildman–Crippen MR) is 57.6 cm³/mol. The highest BCUT2D eigenvalue weighted by atomic mass is 16.5. The summed E-state index contributed by atoms with van der Waals surface area (Å²) >= 11 is 0. The number of hydrogen-bond donors (Lipinski definition) is 0. The van der Waals surface area contributed by atoms with Crippen molar-refractivity contribution in [1.82, 2.24) is 9.55 Å². The first-order chi connectivity index (χ1) is 7.19. The van der Waals surface area contributed by atoms with E-state index in [9.17, 15) is 4.79 Å².